The number of likely N-dealkylation sites (tertiary alicyclic amines) is 1. The Morgan fingerprint density at radius 2 is 1.90 bits per heavy atom. The summed E-state index contributed by atoms with van der Waals surface area (Å²) in [5.74, 6) is 0.707. The van der Waals surface area contributed by atoms with Crippen molar-refractivity contribution in [3.63, 3.8) is 0 Å². The number of rotatable bonds is 4. The number of nitrogens with zero attached hydrogens (tertiary/aromatic N) is 2. The number of hydrogen-bond donors (Lipinski definition) is 0. The number of aliphatic imine (C=N–C) groups is 1. The number of hydrogen-bond acceptors (Lipinski definition) is 4. The Morgan fingerprint density at radius 1 is 1.30 bits per heavy atom. The van der Waals surface area contributed by atoms with E-state index < -0.39 is 0 Å². The van der Waals surface area contributed by atoms with Gasteiger partial charge in [-0.05, 0) is 49.9 Å². The minimum Gasteiger partial charge on any atom is -0.483 e. The molecule has 0 unspecified atom stereocenters. The predicted molar refractivity (Wildman–Crippen MR) is 75.0 cm³/mol. The van der Waals surface area contributed by atoms with Crippen molar-refractivity contribution in [3.05, 3.63) is 23.3 Å². The first-order valence-corrected chi connectivity index (χ1v) is 6.71. The summed E-state index contributed by atoms with van der Waals surface area (Å²) in [5, 5.41) is 0. The van der Waals surface area contributed by atoms with Crippen molar-refractivity contribution < 1.29 is 14.3 Å². The molecule has 1 aliphatic heterocycles. The van der Waals surface area contributed by atoms with Crippen molar-refractivity contribution in [2.24, 2.45) is 4.99 Å². The number of carbonyl (C=O) groups is 1. The Balaban J connectivity index is 2.05. The van der Waals surface area contributed by atoms with Crippen LogP contribution in [0.5, 0.6) is 5.75 Å². The molecule has 0 spiro atoms. The van der Waals surface area contributed by atoms with Gasteiger partial charge in [0.25, 0.3) is 5.91 Å². The normalized spacial score (nSPS) is 14.0. The molecule has 0 radical (unpaired) electrons. The van der Waals surface area contributed by atoms with E-state index in [2.05, 4.69) is 4.99 Å². The molecule has 0 N–H and O–H groups in total. The van der Waals surface area contributed by atoms with E-state index in [1.165, 1.54) is 6.08 Å². The topological polar surface area (TPSA) is 59.0 Å². The Labute approximate surface area is 118 Å². The summed E-state index contributed by atoms with van der Waals surface area (Å²) in [6.45, 7) is 5.44. The summed E-state index contributed by atoms with van der Waals surface area (Å²) in [5.41, 5.74) is 2.26. The lowest BCUT2D eigenvalue weighted by atomic mass is 10.1. The van der Waals surface area contributed by atoms with Gasteiger partial charge in [0.1, 0.15) is 5.75 Å². The van der Waals surface area contributed by atoms with E-state index in [1.54, 1.807) is 12.1 Å². The van der Waals surface area contributed by atoms with Crippen LogP contribution in [0.3, 0.4) is 0 Å². The van der Waals surface area contributed by atoms with Gasteiger partial charge in [-0.1, -0.05) is 0 Å². The maximum absolute atomic E-state index is 11.9. The van der Waals surface area contributed by atoms with Crippen LogP contribution in [0.4, 0.5) is 5.69 Å². The molecule has 1 aromatic carbocycles. The van der Waals surface area contributed by atoms with Crippen LogP contribution in [0.25, 0.3) is 0 Å². The summed E-state index contributed by atoms with van der Waals surface area (Å²) < 4.78 is 5.64. The maximum atomic E-state index is 11.9. The van der Waals surface area contributed by atoms with Crippen LogP contribution in [-0.2, 0) is 9.59 Å². The smallest absolute Gasteiger partial charge is 0.260 e. The number of isocyanates is 1. The molecule has 0 saturated carbocycles. The molecule has 0 bridgehead atoms. The van der Waals surface area contributed by atoms with E-state index in [-0.39, 0.29) is 12.5 Å². The summed E-state index contributed by atoms with van der Waals surface area (Å²) in [6.07, 6.45) is 3.66. The molecule has 1 amide bonds. The van der Waals surface area contributed by atoms with Gasteiger partial charge >= 0.3 is 0 Å². The second kappa shape index (κ2) is 6.35. The van der Waals surface area contributed by atoms with Crippen LogP contribution < -0.4 is 4.74 Å². The van der Waals surface area contributed by atoms with Crippen LogP contribution in [-0.4, -0.2) is 36.6 Å². The number of benzene rings is 1. The molecule has 0 atom stereocenters. The van der Waals surface area contributed by atoms with Gasteiger partial charge in [0, 0.05) is 13.1 Å². The Bertz CT molecular complexity index is 533. The summed E-state index contributed by atoms with van der Waals surface area (Å²) in [7, 11) is 0. The lowest BCUT2D eigenvalue weighted by Gasteiger charge is -2.17. The van der Waals surface area contributed by atoms with Gasteiger partial charge in [-0.25, -0.2) is 4.79 Å². The second-order valence-electron chi connectivity index (χ2n) is 4.99. The largest absolute Gasteiger partial charge is 0.483 e. The van der Waals surface area contributed by atoms with Gasteiger partial charge in [-0.15, -0.1) is 0 Å². The monoisotopic (exact) mass is 274 g/mol. The molecule has 20 heavy (non-hydrogen) atoms. The van der Waals surface area contributed by atoms with Crippen molar-refractivity contribution in [2.45, 2.75) is 26.7 Å². The zero-order valence-electron chi connectivity index (χ0n) is 11.8. The highest BCUT2D eigenvalue weighted by atomic mass is 16.5. The Kier molecular flexibility index (Phi) is 4.53. The first-order chi connectivity index (χ1) is 9.61. The number of amides is 1. The van der Waals surface area contributed by atoms with Crippen LogP contribution in [0, 0.1) is 13.8 Å². The first kappa shape index (κ1) is 14.3. The molecule has 5 heteroatoms. The van der Waals surface area contributed by atoms with Crippen LogP contribution in [0.1, 0.15) is 24.0 Å². The highest BCUT2D eigenvalue weighted by Gasteiger charge is 2.18. The fourth-order valence-electron chi connectivity index (χ4n) is 2.46. The van der Waals surface area contributed by atoms with E-state index in [0.717, 1.165) is 37.1 Å². The SMILES string of the molecule is Cc1cc(N=C=O)cc(C)c1OCC(=O)N1CCCC1. The van der Waals surface area contributed by atoms with Crippen molar-refractivity contribution in [1.29, 1.82) is 0 Å². The predicted octanol–water partition coefficient (Wildman–Crippen LogP) is 2.27. The van der Waals surface area contributed by atoms with Gasteiger partial charge in [0.2, 0.25) is 6.08 Å². The van der Waals surface area contributed by atoms with Gasteiger partial charge < -0.3 is 9.64 Å². The molecule has 2 rings (SSSR count). The van der Waals surface area contributed by atoms with Crippen molar-refractivity contribution >= 4 is 17.7 Å². The van der Waals surface area contributed by atoms with Crippen molar-refractivity contribution in [2.75, 3.05) is 19.7 Å². The van der Waals surface area contributed by atoms with Gasteiger partial charge in [-0.3, -0.25) is 4.79 Å². The second-order valence-corrected chi connectivity index (χ2v) is 4.99. The zero-order valence-corrected chi connectivity index (χ0v) is 11.8. The first-order valence-electron chi connectivity index (χ1n) is 6.71. The Hall–Kier alpha value is -2.13. The lowest BCUT2D eigenvalue weighted by Crippen LogP contribution is -2.32. The number of aryl methyl sites for hydroxylation is 2. The molecular formula is C15H18N2O3. The summed E-state index contributed by atoms with van der Waals surface area (Å²) >= 11 is 0. The fraction of sp³-hybridized carbons (Fsp3) is 0.467. The number of ether oxygens (including phenoxy) is 1. The van der Waals surface area contributed by atoms with Crippen LogP contribution in [0.2, 0.25) is 0 Å². The third-order valence-electron chi connectivity index (χ3n) is 3.42. The third kappa shape index (κ3) is 3.25. The maximum Gasteiger partial charge on any atom is 0.260 e. The lowest BCUT2D eigenvalue weighted by molar-refractivity contribution is -0.132. The Morgan fingerprint density at radius 3 is 2.45 bits per heavy atom. The van der Waals surface area contributed by atoms with Crippen LogP contribution in [0.15, 0.2) is 17.1 Å². The van der Waals surface area contributed by atoms with Gasteiger partial charge in [0.05, 0.1) is 5.69 Å². The van der Waals surface area contributed by atoms with Crippen LogP contribution >= 0.6 is 0 Å². The van der Waals surface area contributed by atoms with E-state index in [9.17, 15) is 9.59 Å². The van der Waals surface area contributed by atoms with E-state index in [0.29, 0.717) is 11.4 Å². The van der Waals surface area contributed by atoms with Crippen molar-refractivity contribution in [1.82, 2.24) is 4.90 Å². The zero-order chi connectivity index (χ0) is 14.5. The van der Waals surface area contributed by atoms with Gasteiger partial charge in [0.15, 0.2) is 6.61 Å². The number of carbonyl (C=O) groups excluding carboxylic acids is 2. The minimum absolute atomic E-state index is 0.0243. The average Bonchev–Trinajstić information content (AvgIpc) is 2.91. The third-order valence-corrected chi connectivity index (χ3v) is 3.42. The summed E-state index contributed by atoms with van der Waals surface area (Å²) in [4.78, 5) is 27.6. The summed E-state index contributed by atoms with van der Waals surface area (Å²) in [6, 6.07) is 3.49. The molecule has 1 fully saturated rings. The molecule has 1 aliphatic rings. The highest BCUT2D eigenvalue weighted by Crippen LogP contribution is 2.28. The molecule has 5 nitrogen and oxygen atoms in total. The molecule has 0 aliphatic carbocycles. The standard InChI is InChI=1S/C15H18N2O3/c1-11-7-13(16-10-18)8-12(2)15(11)20-9-14(19)17-5-3-4-6-17/h7-8H,3-6,9H2,1-2H3. The average molecular weight is 274 g/mol. The molecule has 1 heterocycles. The van der Waals surface area contributed by atoms with Crippen molar-refractivity contribution in [3.8, 4) is 5.75 Å². The van der Waals surface area contributed by atoms with E-state index in [4.69, 9.17) is 4.74 Å². The van der Waals surface area contributed by atoms with Gasteiger partial charge in [-0.2, -0.15) is 4.99 Å². The molecule has 1 saturated heterocycles. The molecule has 0 aromatic heterocycles. The molecule has 1 aromatic rings. The van der Waals surface area contributed by atoms with E-state index >= 15 is 0 Å². The highest BCUT2D eigenvalue weighted by molar-refractivity contribution is 5.78. The molecular weight excluding hydrogens is 256 g/mol. The minimum atomic E-state index is 0.0243. The quantitative estimate of drug-likeness (QED) is 0.625. The molecule has 106 valence electrons. The van der Waals surface area contributed by atoms with E-state index in [1.807, 2.05) is 18.7 Å². The fourth-order valence-corrected chi connectivity index (χ4v) is 2.46.